The van der Waals surface area contributed by atoms with Gasteiger partial charge in [-0.15, -0.1) is 16.7 Å². The fraction of sp³-hybridized carbons (Fsp3) is 0.300. The number of aromatic nitrogens is 4. The van der Waals surface area contributed by atoms with Gasteiger partial charge in [0.1, 0.15) is 5.75 Å². The first-order valence-electron chi connectivity index (χ1n) is 4.89. The number of benzene rings is 1. The molecule has 1 atom stereocenters. The summed E-state index contributed by atoms with van der Waals surface area (Å²) in [5, 5.41) is 11.2. The lowest BCUT2D eigenvalue weighted by atomic mass is 10.3. The molecule has 0 fully saturated rings. The molecule has 0 radical (unpaired) electrons. The second kappa shape index (κ2) is 5.01. The van der Waals surface area contributed by atoms with Gasteiger partial charge >= 0.3 is 0 Å². The van der Waals surface area contributed by atoms with E-state index in [-0.39, 0.29) is 5.38 Å². The minimum atomic E-state index is -0.269. The third-order valence-electron chi connectivity index (χ3n) is 2.19. The lowest BCUT2D eigenvalue weighted by molar-refractivity contribution is 0.414. The van der Waals surface area contributed by atoms with E-state index < -0.39 is 0 Å². The Balaban J connectivity index is 2.52. The normalized spacial score (nSPS) is 12.5. The monoisotopic (exact) mass is 316 g/mol. The summed E-state index contributed by atoms with van der Waals surface area (Å²) in [7, 11) is 1.61. The topological polar surface area (TPSA) is 52.8 Å². The molecule has 0 bridgehead atoms. The highest BCUT2D eigenvalue weighted by Crippen LogP contribution is 2.25. The van der Waals surface area contributed by atoms with Gasteiger partial charge in [-0.25, -0.2) is 0 Å². The standard InChI is InChI=1S/C10H10BrClN4O/c1-6(12)10-13-14-15-16(10)8-3-7(11)4-9(5-8)17-2/h3-6H,1-2H3. The molecule has 5 nitrogen and oxygen atoms in total. The summed E-state index contributed by atoms with van der Waals surface area (Å²) in [6.07, 6.45) is 0. The van der Waals surface area contributed by atoms with Gasteiger partial charge in [-0.3, -0.25) is 0 Å². The van der Waals surface area contributed by atoms with Gasteiger partial charge in [-0.05, 0) is 29.5 Å². The van der Waals surface area contributed by atoms with Crippen molar-refractivity contribution in [1.29, 1.82) is 0 Å². The van der Waals surface area contributed by atoms with Crippen molar-refractivity contribution >= 4 is 27.5 Å². The van der Waals surface area contributed by atoms with Crippen molar-refractivity contribution in [2.75, 3.05) is 7.11 Å². The van der Waals surface area contributed by atoms with Gasteiger partial charge < -0.3 is 4.74 Å². The highest BCUT2D eigenvalue weighted by Gasteiger charge is 2.14. The smallest absolute Gasteiger partial charge is 0.174 e. The van der Waals surface area contributed by atoms with Gasteiger partial charge in [-0.1, -0.05) is 15.9 Å². The zero-order chi connectivity index (χ0) is 12.4. The summed E-state index contributed by atoms with van der Waals surface area (Å²) >= 11 is 9.41. The van der Waals surface area contributed by atoms with E-state index in [0.717, 1.165) is 15.9 Å². The molecule has 0 saturated heterocycles. The first kappa shape index (κ1) is 12.3. The summed E-state index contributed by atoms with van der Waals surface area (Å²) in [5.41, 5.74) is 0.795. The zero-order valence-corrected chi connectivity index (χ0v) is 11.6. The molecule has 1 unspecified atom stereocenters. The number of alkyl halides is 1. The maximum atomic E-state index is 6.01. The van der Waals surface area contributed by atoms with E-state index in [1.807, 2.05) is 25.1 Å². The van der Waals surface area contributed by atoms with Crippen molar-refractivity contribution in [2.24, 2.45) is 0 Å². The molecule has 0 saturated carbocycles. The number of rotatable bonds is 3. The van der Waals surface area contributed by atoms with Crippen molar-refractivity contribution in [3.05, 3.63) is 28.5 Å². The molecule has 0 spiro atoms. The third-order valence-corrected chi connectivity index (χ3v) is 2.84. The molecule has 7 heteroatoms. The molecule has 2 aromatic rings. The summed E-state index contributed by atoms with van der Waals surface area (Å²) in [5.74, 6) is 1.31. The van der Waals surface area contributed by atoms with E-state index in [2.05, 4.69) is 31.5 Å². The van der Waals surface area contributed by atoms with Crippen LogP contribution in [0.2, 0.25) is 0 Å². The maximum Gasteiger partial charge on any atom is 0.174 e. The minimum absolute atomic E-state index is 0.269. The second-order valence-electron chi connectivity index (χ2n) is 3.41. The quantitative estimate of drug-likeness (QED) is 0.817. The minimum Gasteiger partial charge on any atom is -0.497 e. The average Bonchev–Trinajstić information content (AvgIpc) is 2.77. The fourth-order valence-electron chi connectivity index (χ4n) is 1.41. The lowest BCUT2D eigenvalue weighted by Gasteiger charge is -2.08. The third kappa shape index (κ3) is 2.58. The van der Waals surface area contributed by atoms with Gasteiger partial charge in [0.05, 0.1) is 18.2 Å². The Morgan fingerprint density at radius 2 is 2.18 bits per heavy atom. The highest BCUT2D eigenvalue weighted by molar-refractivity contribution is 9.10. The Bertz CT molecular complexity index is 529. The first-order chi connectivity index (χ1) is 8.11. The molecule has 1 aromatic heterocycles. The largest absolute Gasteiger partial charge is 0.497 e. The van der Waals surface area contributed by atoms with Crippen LogP contribution in [0.3, 0.4) is 0 Å². The van der Waals surface area contributed by atoms with Crippen LogP contribution >= 0.6 is 27.5 Å². The molecule has 0 aliphatic rings. The van der Waals surface area contributed by atoms with Crippen LogP contribution in [0.1, 0.15) is 18.1 Å². The van der Waals surface area contributed by atoms with Crippen LogP contribution in [0.25, 0.3) is 5.69 Å². The van der Waals surface area contributed by atoms with Gasteiger partial charge in [0.25, 0.3) is 0 Å². The summed E-state index contributed by atoms with van der Waals surface area (Å²) in [6.45, 7) is 1.82. The Hall–Kier alpha value is -1.14. The summed E-state index contributed by atoms with van der Waals surface area (Å²) < 4.78 is 7.66. The SMILES string of the molecule is COc1cc(Br)cc(-n2nnnc2C(C)Cl)c1. The summed E-state index contributed by atoms with van der Waals surface area (Å²) in [6, 6.07) is 5.59. The van der Waals surface area contributed by atoms with Gasteiger partial charge in [-0.2, -0.15) is 4.68 Å². The van der Waals surface area contributed by atoms with Crippen LogP contribution in [0.4, 0.5) is 0 Å². The van der Waals surface area contributed by atoms with Crippen LogP contribution in [0.15, 0.2) is 22.7 Å². The highest BCUT2D eigenvalue weighted by atomic mass is 79.9. The summed E-state index contributed by atoms with van der Waals surface area (Å²) in [4.78, 5) is 0. The number of methoxy groups -OCH3 is 1. The van der Waals surface area contributed by atoms with Gasteiger partial charge in [0.15, 0.2) is 5.82 Å². The van der Waals surface area contributed by atoms with E-state index in [4.69, 9.17) is 16.3 Å². The van der Waals surface area contributed by atoms with E-state index in [1.54, 1.807) is 11.8 Å². The molecular weight excluding hydrogens is 307 g/mol. The van der Waals surface area contributed by atoms with Gasteiger partial charge in [0, 0.05) is 10.5 Å². The Morgan fingerprint density at radius 3 is 2.82 bits per heavy atom. The molecule has 1 aromatic carbocycles. The molecular formula is C10H10BrClN4O. The van der Waals surface area contributed by atoms with Crippen molar-refractivity contribution in [2.45, 2.75) is 12.3 Å². The Labute approximate surface area is 112 Å². The van der Waals surface area contributed by atoms with Crippen LogP contribution < -0.4 is 4.74 Å². The maximum absolute atomic E-state index is 6.01. The van der Waals surface area contributed by atoms with E-state index >= 15 is 0 Å². The molecule has 0 N–H and O–H groups in total. The average molecular weight is 318 g/mol. The fourth-order valence-corrected chi connectivity index (χ4v) is 2.01. The molecule has 90 valence electrons. The molecule has 0 aliphatic carbocycles. The van der Waals surface area contributed by atoms with Crippen molar-refractivity contribution < 1.29 is 4.74 Å². The molecule has 0 aliphatic heterocycles. The number of nitrogens with zero attached hydrogens (tertiary/aromatic N) is 4. The molecule has 1 heterocycles. The first-order valence-corrected chi connectivity index (χ1v) is 6.12. The van der Waals surface area contributed by atoms with Crippen molar-refractivity contribution in [3.63, 3.8) is 0 Å². The zero-order valence-electron chi connectivity index (χ0n) is 9.26. The number of hydrogen-bond donors (Lipinski definition) is 0. The van der Waals surface area contributed by atoms with Crippen molar-refractivity contribution in [1.82, 2.24) is 20.2 Å². The molecule has 0 amide bonds. The number of tetrazole rings is 1. The van der Waals surface area contributed by atoms with Crippen LogP contribution in [0, 0.1) is 0 Å². The van der Waals surface area contributed by atoms with Crippen LogP contribution in [-0.4, -0.2) is 27.3 Å². The number of halogens is 2. The predicted molar refractivity (Wildman–Crippen MR) is 67.7 cm³/mol. The van der Waals surface area contributed by atoms with Crippen LogP contribution in [0.5, 0.6) is 5.75 Å². The van der Waals surface area contributed by atoms with Gasteiger partial charge in [0.2, 0.25) is 0 Å². The van der Waals surface area contributed by atoms with E-state index in [1.165, 1.54) is 0 Å². The Kier molecular flexibility index (Phi) is 3.63. The Morgan fingerprint density at radius 1 is 1.41 bits per heavy atom. The number of ether oxygens (including phenoxy) is 1. The van der Waals surface area contributed by atoms with Crippen LogP contribution in [-0.2, 0) is 0 Å². The van der Waals surface area contributed by atoms with Crippen molar-refractivity contribution in [3.8, 4) is 11.4 Å². The molecule has 2 rings (SSSR count). The van der Waals surface area contributed by atoms with E-state index in [0.29, 0.717) is 5.82 Å². The number of hydrogen-bond acceptors (Lipinski definition) is 4. The second-order valence-corrected chi connectivity index (χ2v) is 4.98. The lowest BCUT2D eigenvalue weighted by Crippen LogP contribution is -2.04. The van der Waals surface area contributed by atoms with E-state index in [9.17, 15) is 0 Å². The predicted octanol–water partition coefficient (Wildman–Crippen LogP) is 2.73. The molecule has 17 heavy (non-hydrogen) atoms.